The van der Waals surface area contributed by atoms with E-state index in [4.69, 9.17) is 0 Å². The van der Waals surface area contributed by atoms with Crippen LogP contribution in [0.15, 0.2) is 170 Å². The smallest absolute Gasteiger partial charge is 0.0621 e. The molecule has 8 aromatic rings. The maximum absolute atomic E-state index is 2.51. The van der Waals surface area contributed by atoms with Gasteiger partial charge in [-0.15, -0.1) is 0 Å². The van der Waals surface area contributed by atoms with Crippen LogP contribution in [0.4, 0.5) is 17.1 Å². The second-order valence-corrected chi connectivity index (χ2v) is 14.0. The normalized spacial score (nSPS) is 12.9. The van der Waals surface area contributed by atoms with Crippen LogP contribution in [0.5, 0.6) is 0 Å². The van der Waals surface area contributed by atoms with E-state index in [9.17, 15) is 0 Å². The van der Waals surface area contributed by atoms with Crippen molar-refractivity contribution in [2.24, 2.45) is 0 Å². The average Bonchev–Trinajstić information content (AvgIpc) is 3.48. The Morgan fingerprint density at radius 3 is 1.78 bits per heavy atom. The van der Waals surface area contributed by atoms with Crippen LogP contribution in [-0.2, 0) is 5.41 Å². The number of nitrogens with zero attached hydrogens (tertiary/aromatic N) is 1. The molecule has 0 fully saturated rings. The standard InChI is InChI=1S/C50H41N/c1-4-50(5-2)45-22-14-13-21-44(45)48-46(50)33-38-18-10-12-20-43(38)49(48)51(39-28-23-34(3)24-29-39)40-30-25-36(26-31-40)42-32-27-35-15-9-11-19-41(35)47(42)37-16-7-6-8-17-37/h6-33H,4-5H2,1-3H3. The molecule has 0 aromatic heterocycles. The van der Waals surface area contributed by atoms with E-state index in [2.05, 4.69) is 196 Å². The molecule has 0 bridgehead atoms. The highest BCUT2D eigenvalue weighted by Gasteiger charge is 2.43. The van der Waals surface area contributed by atoms with Crippen molar-refractivity contribution < 1.29 is 0 Å². The summed E-state index contributed by atoms with van der Waals surface area (Å²) in [4.78, 5) is 2.51. The van der Waals surface area contributed by atoms with Crippen LogP contribution in [0, 0.1) is 6.92 Å². The summed E-state index contributed by atoms with van der Waals surface area (Å²) in [6.07, 6.45) is 2.11. The molecule has 8 aromatic carbocycles. The molecule has 1 aliphatic carbocycles. The zero-order valence-electron chi connectivity index (χ0n) is 29.5. The van der Waals surface area contributed by atoms with Gasteiger partial charge in [-0.2, -0.15) is 0 Å². The van der Waals surface area contributed by atoms with Crippen LogP contribution in [-0.4, -0.2) is 0 Å². The Labute approximate surface area is 301 Å². The Morgan fingerprint density at radius 2 is 1.06 bits per heavy atom. The molecule has 0 unspecified atom stereocenters. The van der Waals surface area contributed by atoms with Crippen LogP contribution in [0.2, 0.25) is 0 Å². The Morgan fingerprint density at radius 1 is 0.451 bits per heavy atom. The molecule has 0 saturated carbocycles. The first-order valence-electron chi connectivity index (χ1n) is 18.3. The molecule has 0 amide bonds. The summed E-state index contributed by atoms with van der Waals surface area (Å²) in [7, 11) is 0. The third-order valence-corrected chi connectivity index (χ3v) is 11.4. The maximum atomic E-state index is 2.51. The van der Waals surface area contributed by atoms with Crippen molar-refractivity contribution in [3.8, 4) is 33.4 Å². The minimum atomic E-state index is -0.0303. The Hall–Kier alpha value is -5.92. The molecule has 1 nitrogen and oxygen atoms in total. The quantitative estimate of drug-likeness (QED) is 0.165. The van der Waals surface area contributed by atoms with Crippen molar-refractivity contribution in [2.75, 3.05) is 4.90 Å². The van der Waals surface area contributed by atoms with Gasteiger partial charge in [0.15, 0.2) is 0 Å². The molecule has 9 rings (SSSR count). The lowest BCUT2D eigenvalue weighted by Crippen LogP contribution is -2.23. The van der Waals surface area contributed by atoms with Gasteiger partial charge >= 0.3 is 0 Å². The lowest BCUT2D eigenvalue weighted by atomic mass is 9.73. The molecule has 246 valence electrons. The van der Waals surface area contributed by atoms with Gasteiger partial charge in [-0.1, -0.05) is 159 Å². The molecule has 0 saturated heterocycles. The van der Waals surface area contributed by atoms with E-state index in [1.54, 1.807) is 0 Å². The van der Waals surface area contributed by atoms with Gasteiger partial charge in [0.2, 0.25) is 0 Å². The highest BCUT2D eigenvalue weighted by molar-refractivity contribution is 6.10. The fourth-order valence-electron chi connectivity index (χ4n) is 8.81. The van der Waals surface area contributed by atoms with Crippen LogP contribution in [0.3, 0.4) is 0 Å². The van der Waals surface area contributed by atoms with E-state index in [0.717, 1.165) is 24.2 Å². The SMILES string of the molecule is CCC1(CC)c2ccccc2-c2c1cc1ccccc1c2N(c1ccc(C)cc1)c1ccc(-c2ccc3ccccc3c2-c2ccccc2)cc1. The molecule has 0 heterocycles. The summed E-state index contributed by atoms with van der Waals surface area (Å²) in [6, 6.07) is 63.0. The monoisotopic (exact) mass is 655 g/mol. The molecule has 1 aliphatic rings. The van der Waals surface area contributed by atoms with E-state index in [-0.39, 0.29) is 5.41 Å². The lowest BCUT2D eigenvalue weighted by molar-refractivity contribution is 0.491. The second kappa shape index (κ2) is 12.4. The van der Waals surface area contributed by atoms with Gasteiger partial charge in [0.1, 0.15) is 0 Å². The van der Waals surface area contributed by atoms with Gasteiger partial charge in [0.05, 0.1) is 5.69 Å². The van der Waals surface area contributed by atoms with Crippen molar-refractivity contribution in [2.45, 2.75) is 39.0 Å². The third-order valence-electron chi connectivity index (χ3n) is 11.4. The van der Waals surface area contributed by atoms with E-state index in [1.165, 1.54) is 77.3 Å². The Balaban J connectivity index is 1.30. The van der Waals surface area contributed by atoms with Crippen LogP contribution < -0.4 is 4.90 Å². The van der Waals surface area contributed by atoms with E-state index >= 15 is 0 Å². The number of anilines is 3. The molecule has 0 N–H and O–H groups in total. The van der Waals surface area contributed by atoms with Gasteiger partial charge in [-0.05, 0) is 105 Å². The van der Waals surface area contributed by atoms with Crippen molar-refractivity contribution in [3.05, 3.63) is 187 Å². The summed E-state index contributed by atoms with van der Waals surface area (Å²) in [5.41, 5.74) is 15.3. The van der Waals surface area contributed by atoms with Gasteiger partial charge in [0.25, 0.3) is 0 Å². The van der Waals surface area contributed by atoms with Crippen LogP contribution >= 0.6 is 0 Å². The molecule has 51 heavy (non-hydrogen) atoms. The Kier molecular flexibility index (Phi) is 7.59. The van der Waals surface area contributed by atoms with Crippen LogP contribution in [0.1, 0.15) is 43.4 Å². The van der Waals surface area contributed by atoms with Gasteiger partial charge in [-0.25, -0.2) is 0 Å². The predicted molar refractivity (Wildman–Crippen MR) is 219 cm³/mol. The number of benzene rings is 8. The molecular weight excluding hydrogens is 615 g/mol. The molecule has 1 heteroatoms. The molecule has 0 spiro atoms. The average molecular weight is 656 g/mol. The first kappa shape index (κ1) is 31.1. The number of hydrogen-bond acceptors (Lipinski definition) is 1. The molecule has 0 atom stereocenters. The highest BCUT2D eigenvalue weighted by Crippen LogP contribution is 2.59. The second-order valence-electron chi connectivity index (χ2n) is 14.0. The summed E-state index contributed by atoms with van der Waals surface area (Å²) < 4.78 is 0. The largest absolute Gasteiger partial charge is 0.309 e. The van der Waals surface area contributed by atoms with Gasteiger partial charge < -0.3 is 4.90 Å². The van der Waals surface area contributed by atoms with Crippen molar-refractivity contribution >= 4 is 38.6 Å². The van der Waals surface area contributed by atoms with Crippen LogP contribution in [0.25, 0.3) is 54.9 Å². The maximum Gasteiger partial charge on any atom is 0.0621 e. The Bertz CT molecular complexity index is 2540. The van der Waals surface area contributed by atoms with E-state index in [1.807, 2.05) is 0 Å². The van der Waals surface area contributed by atoms with Gasteiger partial charge in [0, 0.05) is 27.7 Å². The third kappa shape index (κ3) is 4.91. The minimum absolute atomic E-state index is 0.0303. The number of rotatable bonds is 7. The van der Waals surface area contributed by atoms with Gasteiger partial charge in [-0.3, -0.25) is 0 Å². The molecule has 0 aliphatic heterocycles. The molecule has 0 radical (unpaired) electrons. The number of hydrogen-bond donors (Lipinski definition) is 0. The van der Waals surface area contributed by atoms with E-state index in [0.29, 0.717) is 0 Å². The minimum Gasteiger partial charge on any atom is -0.309 e. The number of aryl methyl sites for hydroxylation is 1. The first-order valence-corrected chi connectivity index (χ1v) is 18.3. The van der Waals surface area contributed by atoms with Crippen molar-refractivity contribution in [3.63, 3.8) is 0 Å². The first-order chi connectivity index (χ1) is 25.1. The fourth-order valence-corrected chi connectivity index (χ4v) is 8.81. The molecular formula is C50H41N. The summed E-state index contributed by atoms with van der Waals surface area (Å²) in [5.74, 6) is 0. The summed E-state index contributed by atoms with van der Waals surface area (Å²) in [5, 5.41) is 5.07. The van der Waals surface area contributed by atoms with Crippen molar-refractivity contribution in [1.82, 2.24) is 0 Å². The zero-order chi connectivity index (χ0) is 34.5. The zero-order valence-corrected chi connectivity index (χ0v) is 29.5. The number of fused-ring (bicyclic) bond motifs is 5. The van der Waals surface area contributed by atoms with Crippen molar-refractivity contribution in [1.29, 1.82) is 0 Å². The predicted octanol–water partition coefficient (Wildman–Crippen LogP) is 14.2. The lowest BCUT2D eigenvalue weighted by Gasteiger charge is -2.32. The summed E-state index contributed by atoms with van der Waals surface area (Å²) in [6.45, 7) is 6.88. The fraction of sp³-hybridized carbons (Fsp3) is 0.120. The summed E-state index contributed by atoms with van der Waals surface area (Å²) >= 11 is 0. The van der Waals surface area contributed by atoms with E-state index < -0.39 is 0 Å². The topological polar surface area (TPSA) is 3.24 Å². The highest BCUT2D eigenvalue weighted by atomic mass is 15.1.